The van der Waals surface area contributed by atoms with Gasteiger partial charge in [0.15, 0.2) is 0 Å². The molecule has 1 aromatic rings. The fraction of sp³-hybridized carbons (Fsp3) is 0.750. The fourth-order valence-corrected chi connectivity index (χ4v) is 2.94. The Morgan fingerprint density at radius 3 is 2.22 bits per heavy atom. The molecule has 18 heavy (non-hydrogen) atoms. The minimum Gasteiger partial charge on any atom is -0.309 e. The van der Waals surface area contributed by atoms with E-state index < -0.39 is 0 Å². The van der Waals surface area contributed by atoms with E-state index in [1.807, 2.05) is 11.3 Å². The first-order valence-corrected chi connectivity index (χ1v) is 8.50. The average molecular weight is 267 g/mol. The highest BCUT2D eigenvalue weighted by Crippen LogP contribution is 2.13. The van der Waals surface area contributed by atoms with E-state index in [1.165, 1.54) is 56.2 Å². The van der Waals surface area contributed by atoms with Crippen LogP contribution in [0.5, 0.6) is 0 Å². The Labute approximate surface area is 117 Å². The molecule has 0 saturated carbocycles. The number of nitrogens with one attached hydrogen (secondary N) is 1. The highest BCUT2D eigenvalue weighted by molar-refractivity contribution is 7.09. The highest BCUT2D eigenvalue weighted by Gasteiger charge is 2.07. The lowest BCUT2D eigenvalue weighted by Crippen LogP contribution is -2.28. The van der Waals surface area contributed by atoms with E-state index in [2.05, 4.69) is 36.7 Å². The van der Waals surface area contributed by atoms with Crippen molar-refractivity contribution in [1.82, 2.24) is 5.32 Å². The smallest absolute Gasteiger partial charge is 0.0302 e. The van der Waals surface area contributed by atoms with Crippen LogP contribution in [0.25, 0.3) is 0 Å². The van der Waals surface area contributed by atoms with E-state index in [0.29, 0.717) is 0 Å². The van der Waals surface area contributed by atoms with E-state index in [1.54, 1.807) is 0 Å². The summed E-state index contributed by atoms with van der Waals surface area (Å²) in [6, 6.07) is 5.10. The third kappa shape index (κ3) is 7.17. The third-order valence-corrected chi connectivity index (χ3v) is 4.33. The first-order valence-electron chi connectivity index (χ1n) is 7.62. The Kier molecular flexibility index (Phi) is 9.23. The molecule has 0 aliphatic heterocycles. The van der Waals surface area contributed by atoms with Gasteiger partial charge in [0.25, 0.3) is 0 Å². The van der Waals surface area contributed by atoms with Gasteiger partial charge < -0.3 is 5.32 Å². The van der Waals surface area contributed by atoms with Crippen molar-refractivity contribution >= 4 is 11.3 Å². The summed E-state index contributed by atoms with van der Waals surface area (Å²) in [4.78, 5) is 1.46. The average Bonchev–Trinajstić information content (AvgIpc) is 2.89. The molecule has 1 aromatic heterocycles. The Bertz CT molecular complexity index is 259. The van der Waals surface area contributed by atoms with Gasteiger partial charge in [-0.05, 0) is 24.3 Å². The largest absolute Gasteiger partial charge is 0.309 e. The van der Waals surface area contributed by atoms with Crippen LogP contribution >= 0.6 is 11.3 Å². The normalized spacial score (nSPS) is 11.3. The predicted octanol–water partition coefficient (Wildman–Crippen LogP) is 5.37. The first kappa shape index (κ1) is 15.7. The summed E-state index contributed by atoms with van der Waals surface area (Å²) in [6.07, 6.45) is 10.9. The second-order valence-corrected chi connectivity index (χ2v) is 6.18. The number of hydrogen-bond donors (Lipinski definition) is 1. The molecular weight excluding hydrogens is 238 g/mol. The molecule has 0 fully saturated rings. The van der Waals surface area contributed by atoms with Crippen molar-refractivity contribution in [2.24, 2.45) is 0 Å². The van der Waals surface area contributed by atoms with Crippen LogP contribution in [-0.2, 0) is 6.54 Å². The summed E-state index contributed by atoms with van der Waals surface area (Å²) in [6.45, 7) is 5.62. The molecule has 0 radical (unpaired) electrons. The molecule has 1 rings (SSSR count). The van der Waals surface area contributed by atoms with E-state index in [4.69, 9.17) is 0 Å². The summed E-state index contributed by atoms with van der Waals surface area (Å²) >= 11 is 1.86. The van der Waals surface area contributed by atoms with Crippen LogP contribution in [0.15, 0.2) is 17.5 Å². The van der Waals surface area contributed by atoms with Crippen molar-refractivity contribution in [1.29, 1.82) is 0 Å². The molecule has 0 saturated heterocycles. The van der Waals surface area contributed by atoms with Gasteiger partial charge in [0.1, 0.15) is 0 Å². The summed E-state index contributed by atoms with van der Waals surface area (Å²) in [7, 11) is 0. The van der Waals surface area contributed by atoms with Crippen LogP contribution in [0.4, 0.5) is 0 Å². The van der Waals surface area contributed by atoms with Crippen molar-refractivity contribution in [2.45, 2.75) is 77.8 Å². The molecule has 0 amide bonds. The van der Waals surface area contributed by atoms with Gasteiger partial charge >= 0.3 is 0 Å². The van der Waals surface area contributed by atoms with Gasteiger partial charge in [-0.3, -0.25) is 0 Å². The van der Waals surface area contributed by atoms with Gasteiger partial charge in [0.05, 0.1) is 0 Å². The zero-order chi connectivity index (χ0) is 13.1. The lowest BCUT2D eigenvalue weighted by atomic mass is 10.0. The Hall–Kier alpha value is -0.340. The second kappa shape index (κ2) is 10.6. The first-order chi connectivity index (χ1) is 8.86. The SMILES string of the molecule is CCCCCC(CCCCC)NCc1cccs1. The van der Waals surface area contributed by atoms with E-state index in [9.17, 15) is 0 Å². The molecule has 0 spiro atoms. The molecule has 0 atom stereocenters. The minimum absolute atomic E-state index is 0.727. The molecule has 1 N–H and O–H groups in total. The monoisotopic (exact) mass is 267 g/mol. The summed E-state index contributed by atoms with van der Waals surface area (Å²) < 4.78 is 0. The molecule has 0 unspecified atom stereocenters. The maximum Gasteiger partial charge on any atom is 0.0302 e. The molecule has 104 valence electrons. The van der Waals surface area contributed by atoms with Crippen molar-refractivity contribution in [3.05, 3.63) is 22.4 Å². The van der Waals surface area contributed by atoms with Crippen molar-refractivity contribution in [2.75, 3.05) is 0 Å². The summed E-state index contributed by atoms with van der Waals surface area (Å²) in [5, 5.41) is 5.92. The zero-order valence-corrected chi connectivity index (χ0v) is 12.9. The number of hydrogen-bond acceptors (Lipinski definition) is 2. The van der Waals surface area contributed by atoms with Crippen LogP contribution in [0.2, 0.25) is 0 Å². The maximum absolute atomic E-state index is 3.75. The topological polar surface area (TPSA) is 12.0 Å². The Balaban J connectivity index is 2.23. The molecule has 0 bridgehead atoms. The minimum atomic E-state index is 0.727. The molecule has 0 aromatic carbocycles. The lowest BCUT2D eigenvalue weighted by molar-refractivity contribution is 0.419. The lowest BCUT2D eigenvalue weighted by Gasteiger charge is -2.18. The molecule has 1 heterocycles. The van der Waals surface area contributed by atoms with Crippen LogP contribution < -0.4 is 5.32 Å². The molecular formula is C16H29NS. The van der Waals surface area contributed by atoms with Crippen LogP contribution in [0.1, 0.15) is 70.1 Å². The van der Waals surface area contributed by atoms with Crippen molar-refractivity contribution < 1.29 is 0 Å². The van der Waals surface area contributed by atoms with Crippen LogP contribution in [0.3, 0.4) is 0 Å². The molecule has 0 aliphatic rings. The van der Waals surface area contributed by atoms with Gasteiger partial charge in [0.2, 0.25) is 0 Å². The van der Waals surface area contributed by atoms with Gasteiger partial charge in [-0.2, -0.15) is 0 Å². The van der Waals surface area contributed by atoms with Gasteiger partial charge in [-0.15, -0.1) is 11.3 Å². The van der Waals surface area contributed by atoms with E-state index in [0.717, 1.165) is 12.6 Å². The van der Waals surface area contributed by atoms with Crippen molar-refractivity contribution in [3.63, 3.8) is 0 Å². The van der Waals surface area contributed by atoms with Crippen LogP contribution in [0, 0.1) is 0 Å². The number of unbranched alkanes of at least 4 members (excludes halogenated alkanes) is 4. The second-order valence-electron chi connectivity index (χ2n) is 5.15. The Morgan fingerprint density at radius 1 is 1.06 bits per heavy atom. The standard InChI is InChI=1S/C16H29NS/c1-3-5-7-10-15(11-8-6-4-2)17-14-16-12-9-13-18-16/h9,12-13,15,17H,3-8,10-11,14H2,1-2H3. The van der Waals surface area contributed by atoms with E-state index in [-0.39, 0.29) is 0 Å². The predicted molar refractivity (Wildman–Crippen MR) is 83.2 cm³/mol. The highest BCUT2D eigenvalue weighted by atomic mass is 32.1. The van der Waals surface area contributed by atoms with Gasteiger partial charge in [0, 0.05) is 17.5 Å². The molecule has 2 heteroatoms. The fourth-order valence-electron chi connectivity index (χ4n) is 2.29. The van der Waals surface area contributed by atoms with Gasteiger partial charge in [-0.25, -0.2) is 0 Å². The third-order valence-electron chi connectivity index (χ3n) is 3.46. The van der Waals surface area contributed by atoms with Gasteiger partial charge in [-0.1, -0.05) is 58.4 Å². The molecule has 0 aliphatic carbocycles. The van der Waals surface area contributed by atoms with Crippen LogP contribution in [-0.4, -0.2) is 6.04 Å². The quantitative estimate of drug-likeness (QED) is 0.532. The van der Waals surface area contributed by atoms with Crippen molar-refractivity contribution in [3.8, 4) is 0 Å². The summed E-state index contributed by atoms with van der Waals surface area (Å²) in [5.74, 6) is 0. The maximum atomic E-state index is 3.75. The number of rotatable bonds is 11. The Morgan fingerprint density at radius 2 is 1.72 bits per heavy atom. The van der Waals surface area contributed by atoms with E-state index >= 15 is 0 Å². The molecule has 1 nitrogen and oxygen atoms in total. The zero-order valence-electron chi connectivity index (χ0n) is 12.1. The summed E-state index contributed by atoms with van der Waals surface area (Å²) in [5.41, 5.74) is 0. The number of thiophene rings is 1.